The van der Waals surface area contributed by atoms with Gasteiger partial charge in [0.2, 0.25) is 5.91 Å². The number of hydrogen-bond donors (Lipinski definition) is 2. The SMILES string of the molecule is Cc1cc(I)ccc1NC(=O)CNCC1CCCO1. The van der Waals surface area contributed by atoms with Gasteiger partial charge in [-0.1, -0.05) is 0 Å². The van der Waals surface area contributed by atoms with Crippen LogP contribution in [0.1, 0.15) is 18.4 Å². The molecule has 4 nitrogen and oxygen atoms in total. The van der Waals surface area contributed by atoms with E-state index in [1.165, 1.54) is 3.57 Å². The van der Waals surface area contributed by atoms with Crippen LogP contribution in [0.2, 0.25) is 0 Å². The molecule has 1 heterocycles. The fraction of sp³-hybridized carbons (Fsp3) is 0.500. The topological polar surface area (TPSA) is 50.4 Å². The molecule has 1 atom stereocenters. The number of halogens is 1. The molecule has 0 aromatic heterocycles. The molecule has 2 N–H and O–H groups in total. The fourth-order valence-corrected chi connectivity index (χ4v) is 2.76. The molecular weight excluding hydrogens is 355 g/mol. The predicted octanol–water partition coefficient (Wildman–Crippen LogP) is 2.31. The normalized spacial score (nSPS) is 18.5. The van der Waals surface area contributed by atoms with Crippen molar-refractivity contribution in [1.29, 1.82) is 0 Å². The first-order chi connectivity index (χ1) is 9.15. The Hall–Kier alpha value is -0.660. The summed E-state index contributed by atoms with van der Waals surface area (Å²) >= 11 is 2.26. The Balaban J connectivity index is 1.74. The zero-order valence-corrected chi connectivity index (χ0v) is 13.2. The van der Waals surface area contributed by atoms with Crippen LogP contribution < -0.4 is 10.6 Å². The molecule has 0 bridgehead atoms. The highest BCUT2D eigenvalue weighted by Crippen LogP contribution is 2.17. The third kappa shape index (κ3) is 4.74. The van der Waals surface area contributed by atoms with Crippen molar-refractivity contribution in [3.8, 4) is 0 Å². The van der Waals surface area contributed by atoms with Crippen LogP contribution in [0.4, 0.5) is 5.69 Å². The molecule has 19 heavy (non-hydrogen) atoms. The minimum Gasteiger partial charge on any atom is -0.377 e. The van der Waals surface area contributed by atoms with E-state index in [0.717, 1.165) is 37.2 Å². The van der Waals surface area contributed by atoms with E-state index in [-0.39, 0.29) is 12.0 Å². The lowest BCUT2D eigenvalue weighted by atomic mass is 10.2. The average Bonchev–Trinajstić information content (AvgIpc) is 2.86. The number of carbonyl (C=O) groups is 1. The number of benzene rings is 1. The maximum absolute atomic E-state index is 11.8. The van der Waals surface area contributed by atoms with Crippen molar-refractivity contribution in [2.45, 2.75) is 25.9 Å². The van der Waals surface area contributed by atoms with Crippen LogP contribution in [-0.2, 0) is 9.53 Å². The zero-order valence-electron chi connectivity index (χ0n) is 11.0. The first-order valence-corrected chi connectivity index (χ1v) is 7.61. The van der Waals surface area contributed by atoms with Gasteiger partial charge in [0.15, 0.2) is 0 Å². The summed E-state index contributed by atoms with van der Waals surface area (Å²) in [4.78, 5) is 11.8. The van der Waals surface area contributed by atoms with E-state index in [0.29, 0.717) is 6.54 Å². The summed E-state index contributed by atoms with van der Waals surface area (Å²) < 4.78 is 6.66. The van der Waals surface area contributed by atoms with E-state index in [1.54, 1.807) is 0 Å². The number of rotatable bonds is 5. The first-order valence-electron chi connectivity index (χ1n) is 6.53. The van der Waals surface area contributed by atoms with Crippen molar-refractivity contribution < 1.29 is 9.53 Å². The maximum atomic E-state index is 11.8. The number of nitrogens with one attached hydrogen (secondary N) is 2. The van der Waals surface area contributed by atoms with Gasteiger partial charge >= 0.3 is 0 Å². The van der Waals surface area contributed by atoms with E-state index >= 15 is 0 Å². The molecule has 104 valence electrons. The summed E-state index contributed by atoms with van der Waals surface area (Å²) in [5, 5.41) is 6.06. The largest absolute Gasteiger partial charge is 0.377 e. The molecular formula is C14H19IN2O2. The summed E-state index contributed by atoms with van der Waals surface area (Å²) in [6, 6.07) is 5.98. The van der Waals surface area contributed by atoms with Gasteiger partial charge in [-0.15, -0.1) is 0 Å². The molecule has 1 amide bonds. The van der Waals surface area contributed by atoms with Gasteiger partial charge in [-0.05, 0) is 66.1 Å². The van der Waals surface area contributed by atoms with Gasteiger partial charge in [-0.3, -0.25) is 4.79 Å². The molecule has 1 aliphatic heterocycles. The van der Waals surface area contributed by atoms with Gasteiger partial charge in [-0.25, -0.2) is 0 Å². The van der Waals surface area contributed by atoms with E-state index in [1.807, 2.05) is 19.1 Å². The summed E-state index contributed by atoms with van der Waals surface area (Å²) in [6.45, 7) is 3.92. The second-order valence-corrected chi connectivity index (χ2v) is 6.02. The Morgan fingerprint density at radius 3 is 3.05 bits per heavy atom. The van der Waals surface area contributed by atoms with Gasteiger partial charge in [-0.2, -0.15) is 0 Å². The molecule has 1 unspecified atom stereocenters. The minimum absolute atomic E-state index is 0.0118. The maximum Gasteiger partial charge on any atom is 0.238 e. The van der Waals surface area contributed by atoms with Crippen molar-refractivity contribution in [2.24, 2.45) is 0 Å². The van der Waals surface area contributed by atoms with Crippen molar-refractivity contribution in [3.05, 3.63) is 27.3 Å². The lowest BCUT2D eigenvalue weighted by Crippen LogP contribution is -2.33. The molecule has 1 aromatic rings. The smallest absolute Gasteiger partial charge is 0.238 e. The molecule has 0 saturated carbocycles. The molecule has 0 spiro atoms. The highest BCUT2D eigenvalue weighted by Gasteiger charge is 2.15. The Kier molecular flexibility index (Phi) is 5.59. The molecule has 0 aliphatic carbocycles. The van der Waals surface area contributed by atoms with Gasteiger partial charge < -0.3 is 15.4 Å². The molecule has 1 fully saturated rings. The molecule has 0 radical (unpaired) electrons. The van der Waals surface area contributed by atoms with E-state index in [9.17, 15) is 4.79 Å². The highest BCUT2D eigenvalue weighted by molar-refractivity contribution is 14.1. The lowest BCUT2D eigenvalue weighted by molar-refractivity contribution is -0.115. The average molecular weight is 374 g/mol. The van der Waals surface area contributed by atoms with Gasteiger partial charge in [0, 0.05) is 22.4 Å². The quantitative estimate of drug-likeness (QED) is 0.778. The van der Waals surface area contributed by atoms with Crippen molar-refractivity contribution in [3.63, 3.8) is 0 Å². The van der Waals surface area contributed by atoms with Crippen molar-refractivity contribution in [2.75, 3.05) is 25.0 Å². The van der Waals surface area contributed by atoms with Crippen LogP contribution in [0.3, 0.4) is 0 Å². The number of carbonyl (C=O) groups excluding carboxylic acids is 1. The van der Waals surface area contributed by atoms with Crippen molar-refractivity contribution in [1.82, 2.24) is 5.32 Å². The van der Waals surface area contributed by atoms with Crippen LogP contribution in [0.5, 0.6) is 0 Å². The Labute approximate surface area is 127 Å². The van der Waals surface area contributed by atoms with Crippen molar-refractivity contribution >= 4 is 34.2 Å². The van der Waals surface area contributed by atoms with E-state index < -0.39 is 0 Å². The van der Waals surface area contributed by atoms with E-state index in [4.69, 9.17) is 4.74 Å². The standard InChI is InChI=1S/C14H19IN2O2/c1-10-7-11(15)4-5-13(10)17-14(18)9-16-8-12-3-2-6-19-12/h4-5,7,12,16H,2-3,6,8-9H2,1H3,(H,17,18). The van der Waals surface area contributed by atoms with Crippen LogP contribution in [0.25, 0.3) is 0 Å². The van der Waals surface area contributed by atoms with Crippen LogP contribution in [0.15, 0.2) is 18.2 Å². The second-order valence-electron chi connectivity index (χ2n) is 4.77. The summed E-state index contributed by atoms with van der Waals surface area (Å²) in [7, 11) is 0. The number of ether oxygens (including phenoxy) is 1. The zero-order chi connectivity index (χ0) is 13.7. The summed E-state index contributed by atoms with van der Waals surface area (Å²) in [6.07, 6.45) is 2.48. The van der Waals surface area contributed by atoms with Gasteiger partial charge in [0.1, 0.15) is 0 Å². The molecule has 5 heteroatoms. The Bertz CT molecular complexity index is 445. The Morgan fingerprint density at radius 1 is 1.53 bits per heavy atom. The van der Waals surface area contributed by atoms with E-state index in [2.05, 4.69) is 39.3 Å². The number of amides is 1. The molecule has 1 aliphatic rings. The lowest BCUT2D eigenvalue weighted by Gasteiger charge is -2.12. The van der Waals surface area contributed by atoms with Crippen LogP contribution in [0, 0.1) is 10.5 Å². The molecule has 1 saturated heterocycles. The summed E-state index contributed by atoms with van der Waals surface area (Å²) in [5.74, 6) is -0.0118. The highest BCUT2D eigenvalue weighted by atomic mass is 127. The number of anilines is 1. The predicted molar refractivity (Wildman–Crippen MR) is 84.4 cm³/mol. The molecule has 2 rings (SSSR count). The first kappa shape index (κ1) is 14.7. The van der Waals surface area contributed by atoms with Gasteiger partial charge in [0.25, 0.3) is 0 Å². The third-order valence-electron chi connectivity index (χ3n) is 3.14. The van der Waals surface area contributed by atoms with Crippen LogP contribution in [-0.4, -0.2) is 31.7 Å². The van der Waals surface area contributed by atoms with Crippen LogP contribution >= 0.6 is 22.6 Å². The third-order valence-corrected chi connectivity index (χ3v) is 3.82. The second kappa shape index (κ2) is 7.21. The number of hydrogen-bond acceptors (Lipinski definition) is 3. The minimum atomic E-state index is -0.0118. The van der Waals surface area contributed by atoms with Gasteiger partial charge in [0.05, 0.1) is 12.6 Å². The Morgan fingerprint density at radius 2 is 2.37 bits per heavy atom. The number of aryl methyl sites for hydroxylation is 1. The molecule has 1 aromatic carbocycles. The summed E-state index contributed by atoms with van der Waals surface area (Å²) in [5.41, 5.74) is 1.96. The monoisotopic (exact) mass is 374 g/mol. The fourth-order valence-electron chi connectivity index (χ4n) is 2.11.